The Morgan fingerprint density at radius 2 is 2.21 bits per heavy atom. The topological polar surface area (TPSA) is 46.5 Å². The molecule has 0 bridgehead atoms. The molecule has 0 heterocycles. The van der Waals surface area contributed by atoms with Crippen LogP contribution in [0.4, 0.5) is 4.39 Å². The monoisotopic (exact) mass is 332 g/mol. The maximum Gasteiger partial charge on any atom is 0.311 e. The van der Waals surface area contributed by atoms with Gasteiger partial charge in [0.15, 0.2) is 0 Å². The number of aliphatic hydroxyl groups is 1. The smallest absolute Gasteiger partial charge is 0.311 e. The Labute approximate surface area is 120 Å². The normalized spacial score (nSPS) is 13.9. The van der Waals surface area contributed by atoms with Crippen LogP contribution in [0.3, 0.4) is 0 Å². The van der Waals surface area contributed by atoms with Crippen molar-refractivity contribution >= 4 is 21.9 Å². The molecule has 1 aromatic carbocycles. The summed E-state index contributed by atoms with van der Waals surface area (Å²) >= 11 is 3.07. The van der Waals surface area contributed by atoms with Crippen LogP contribution in [0.1, 0.15) is 37.9 Å². The zero-order valence-electron chi connectivity index (χ0n) is 11.0. The maximum atomic E-state index is 13.2. The van der Waals surface area contributed by atoms with Crippen LogP contribution < -0.4 is 0 Å². The highest BCUT2D eigenvalue weighted by Crippen LogP contribution is 2.30. The van der Waals surface area contributed by atoms with Gasteiger partial charge < -0.3 is 9.84 Å². The van der Waals surface area contributed by atoms with E-state index in [2.05, 4.69) is 15.9 Å². The van der Waals surface area contributed by atoms with Gasteiger partial charge in [0.25, 0.3) is 0 Å². The minimum Gasteiger partial charge on any atom is -0.469 e. The first-order valence-electron chi connectivity index (χ1n) is 6.22. The van der Waals surface area contributed by atoms with Crippen molar-refractivity contribution in [1.82, 2.24) is 0 Å². The van der Waals surface area contributed by atoms with Crippen molar-refractivity contribution in [3.63, 3.8) is 0 Å². The first-order valence-corrected chi connectivity index (χ1v) is 7.01. The van der Waals surface area contributed by atoms with E-state index < -0.39 is 23.8 Å². The fourth-order valence-corrected chi connectivity index (χ4v) is 2.31. The van der Waals surface area contributed by atoms with E-state index in [-0.39, 0.29) is 4.47 Å². The van der Waals surface area contributed by atoms with E-state index in [1.807, 2.05) is 6.92 Å². The standard InChI is InChI=1S/C14H18BrFO3/c1-3-4-5-10(14(18)19-2)13(17)9-6-7-12(16)11(15)8-9/h6-8,10,13,17H,3-5H2,1-2H3. The molecule has 0 spiro atoms. The molecular formula is C14H18BrFO3. The van der Waals surface area contributed by atoms with Crippen molar-refractivity contribution in [2.45, 2.75) is 32.3 Å². The van der Waals surface area contributed by atoms with Gasteiger partial charge in [0.1, 0.15) is 5.82 Å². The Morgan fingerprint density at radius 1 is 1.53 bits per heavy atom. The fraction of sp³-hybridized carbons (Fsp3) is 0.500. The third-order valence-electron chi connectivity index (χ3n) is 3.04. The third-order valence-corrected chi connectivity index (χ3v) is 3.65. The van der Waals surface area contributed by atoms with Gasteiger partial charge in [-0.25, -0.2) is 4.39 Å². The molecule has 0 saturated carbocycles. The first kappa shape index (κ1) is 16.1. The van der Waals surface area contributed by atoms with Crippen LogP contribution in [0, 0.1) is 11.7 Å². The third kappa shape index (κ3) is 4.28. The van der Waals surface area contributed by atoms with Crippen molar-refractivity contribution in [3.8, 4) is 0 Å². The molecule has 2 unspecified atom stereocenters. The van der Waals surface area contributed by atoms with E-state index in [0.717, 1.165) is 12.8 Å². The minimum atomic E-state index is -0.990. The molecule has 1 rings (SSSR count). The van der Waals surface area contributed by atoms with Crippen LogP contribution in [0.2, 0.25) is 0 Å². The summed E-state index contributed by atoms with van der Waals surface area (Å²) in [5, 5.41) is 10.3. The molecule has 0 aliphatic carbocycles. The van der Waals surface area contributed by atoms with Gasteiger partial charge in [0.2, 0.25) is 0 Å². The molecule has 0 fully saturated rings. The fourth-order valence-electron chi connectivity index (χ4n) is 1.91. The highest BCUT2D eigenvalue weighted by molar-refractivity contribution is 9.10. The van der Waals surface area contributed by atoms with Crippen LogP contribution in [0.5, 0.6) is 0 Å². The van der Waals surface area contributed by atoms with Crippen LogP contribution in [0.15, 0.2) is 22.7 Å². The van der Waals surface area contributed by atoms with Crippen LogP contribution in [0.25, 0.3) is 0 Å². The van der Waals surface area contributed by atoms with Crippen molar-refractivity contribution < 1.29 is 19.0 Å². The minimum absolute atomic E-state index is 0.267. The molecule has 1 N–H and O–H groups in total. The molecule has 0 amide bonds. The molecule has 3 nitrogen and oxygen atoms in total. The highest BCUT2D eigenvalue weighted by atomic mass is 79.9. The SMILES string of the molecule is CCCCC(C(=O)OC)C(O)c1ccc(F)c(Br)c1. The van der Waals surface area contributed by atoms with Crippen LogP contribution >= 0.6 is 15.9 Å². The Morgan fingerprint density at radius 3 is 2.74 bits per heavy atom. The summed E-state index contributed by atoms with van der Waals surface area (Å²) < 4.78 is 18.2. The van der Waals surface area contributed by atoms with Crippen molar-refractivity contribution in [2.24, 2.45) is 5.92 Å². The molecule has 106 valence electrons. The number of hydrogen-bond donors (Lipinski definition) is 1. The van der Waals surface area contributed by atoms with Crippen LogP contribution in [-0.2, 0) is 9.53 Å². The van der Waals surface area contributed by atoms with Gasteiger partial charge in [-0.05, 0) is 40.0 Å². The number of aliphatic hydroxyl groups excluding tert-OH is 1. The number of benzene rings is 1. The molecule has 0 aliphatic rings. The number of unbranched alkanes of at least 4 members (excludes halogenated alkanes) is 1. The predicted octanol–water partition coefficient (Wildman–Crippen LogP) is 3.60. The lowest BCUT2D eigenvalue weighted by Gasteiger charge is -2.21. The number of ether oxygens (including phenoxy) is 1. The van der Waals surface area contributed by atoms with Crippen LogP contribution in [-0.4, -0.2) is 18.2 Å². The summed E-state index contributed by atoms with van der Waals surface area (Å²) in [5.41, 5.74) is 0.500. The molecule has 0 radical (unpaired) electrons. The molecule has 1 aromatic rings. The quantitative estimate of drug-likeness (QED) is 0.809. The van der Waals surface area contributed by atoms with E-state index in [4.69, 9.17) is 4.74 Å². The summed E-state index contributed by atoms with van der Waals surface area (Å²) in [6.07, 6.45) is 1.29. The Kier molecular flexibility index (Phi) is 6.45. The van der Waals surface area contributed by atoms with Crippen molar-refractivity contribution in [1.29, 1.82) is 0 Å². The number of methoxy groups -OCH3 is 1. The molecule has 0 aromatic heterocycles. The Bertz CT molecular complexity index is 437. The molecule has 5 heteroatoms. The number of esters is 1. The number of carbonyl (C=O) groups excluding carboxylic acids is 1. The van der Waals surface area contributed by atoms with E-state index in [1.165, 1.54) is 25.3 Å². The van der Waals surface area contributed by atoms with Gasteiger partial charge in [0, 0.05) is 0 Å². The molecule has 2 atom stereocenters. The number of halogens is 2. The largest absolute Gasteiger partial charge is 0.469 e. The average molecular weight is 333 g/mol. The second-order valence-electron chi connectivity index (χ2n) is 4.39. The molecule has 19 heavy (non-hydrogen) atoms. The Hall–Kier alpha value is -0.940. The lowest BCUT2D eigenvalue weighted by Crippen LogP contribution is -2.23. The van der Waals surface area contributed by atoms with Gasteiger partial charge in [-0.1, -0.05) is 25.8 Å². The lowest BCUT2D eigenvalue weighted by molar-refractivity contribution is -0.150. The average Bonchev–Trinajstić information content (AvgIpc) is 2.41. The number of carbonyl (C=O) groups is 1. The second-order valence-corrected chi connectivity index (χ2v) is 5.24. The maximum absolute atomic E-state index is 13.2. The molecule has 0 aliphatic heterocycles. The predicted molar refractivity (Wildman–Crippen MR) is 74.1 cm³/mol. The lowest BCUT2D eigenvalue weighted by atomic mass is 9.91. The van der Waals surface area contributed by atoms with Crippen molar-refractivity contribution in [2.75, 3.05) is 7.11 Å². The van der Waals surface area contributed by atoms with Gasteiger partial charge in [-0.3, -0.25) is 4.79 Å². The van der Waals surface area contributed by atoms with E-state index in [0.29, 0.717) is 12.0 Å². The summed E-state index contributed by atoms with van der Waals surface area (Å²) in [6, 6.07) is 4.23. The van der Waals surface area contributed by atoms with Gasteiger partial charge in [-0.15, -0.1) is 0 Å². The highest BCUT2D eigenvalue weighted by Gasteiger charge is 2.28. The van der Waals surface area contributed by atoms with Gasteiger partial charge in [0.05, 0.1) is 23.6 Å². The summed E-state index contributed by atoms with van der Waals surface area (Å²) in [5.74, 6) is -1.47. The van der Waals surface area contributed by atoms with E-state index in [1.54, 1.807) is 0 Å². The first-order chi connectivity index (χ1) is 9.01. The van der Waals surface area contributed by atoms with Crippen molar-refractivity contribution in [3.05, 3.63) is 34.1 Å². The zero-order valence-corrected chi connectivity index (χ0v) is 12.6. The van der Waals surface area contributed by atoms with E-state index >= 15 is 0 Å². The van der Waals surface area contributed by atoms with Gasteiger partial charge in [-0.2, -0.15) is 0 Å². The second kappa shape index (κ2) is 7.60. The summed E-state index contributed by atoms with van der Waals surface area (Å²) in [4.78, 5) is 11.7. The summed E-state index contributed by atoms with van der Waals surface area (Å²) in [7, 11) is 1.30. The number of hydrogen-bond acceptors (Lipinski definition) is 3. The number of rotatable bonds is 6. The Balaban J connectivity index is 2.93. The zero-order chi connectivity index (χ0) is 14.4. The molecule has 0 saturated heterocycles. The molecular weight excluding hydrogens is 315 g/mol. The summed E-state index contributed by atoms with van der Waals surface area (Å²) in [6.45, 7) is 2.01. The van der Waals surface area contributed by atoms with E-state index in [9.17, 15) is 14.3 Å². The van der Waals surface area contributed by atoms with Gasteiger partial charge >= 0.3 is 5.97 Å².